The number of rotatable bonds is 3. The summed E-state index contributed by atoms with van der Waals surface area (Å²) in [5.41, 5.74) is 1.40. The van der Waals surface area contributed by atoms with Crippen molar-refractivity contribution in [2.24, 2.45) is 0 Å². The highest BCUT2D eigenvalue weighted by Gasteiger charge is 2.46. The van der Waals surface area contributed by atoms with Crippen molar-refractivity contribution in [1.29, 1.82) is 0 Å². The van der Waals surface area contributed by atoms with Gasteiger partial charge in [-0.15, -0.1) is 0 Å². The second-order valence-electron chi connectivity index (χ2n) is 6.85. The maximum Gasteiger partial charge on any atom is 0.0844 e. The molecular formula is C18H22N2O. The van der Waals surface area contributed by atoms with Crippen LogP contribution in [0.2, 0.25) is 0 Å². The maximum absolute atomic E-state index is 11.0. The fourth-order valence-electron chi connectivity index (χ4n) is 3.79. The van der Waals surface area contributed by atoms with E-state index in [2.05, 4.69) is 30.0 Å². The Morgan fingerprint density at radius 1 is 1.24 bits per heavy atom. The minimum atomic E-state index is -0.614. The molecule has 2 aromatic rings. The van der Waals surface area contributed by atoms with Crippen LogP contribution in [-0.2, 0) is 6.42 Å². The van der Waals surface area contributed by atoms with E-state index in [9.17, 15) is 5.11 Å². The van der Waals surface area contributed by atoms with Crippen LogP contribution in [0, 0.1) is 0 Å². The monoisotopic (exact) mass is 282 g/mol. The Morgan fingerprint density at radius 2 is 2.05 bits per heavy atom. The summed E-state index contributed by atoms with van der Waals surface area (Å²) in [4.78, 5) is 7.20. The lowest BCUT2D eigenvalue weighted by molar-refractivity contribution is 0.0478. The van der Waals surface area contributed by atoms with Gasteiger partial charge in [-0.3, -0.25) is 9.88 Å². The molecule has 1 aliphatic carbocycles. The molecule has 2 atom stereocenters. The van der Waals surface area contributed by atoms with Crippen molar-refractivity contribution in [3.8, 4) is 0 Å². The van der Waals surface area contributed by atoms with Gasteiger partial charge in [0, 0.05) is 36.1 Å². The van der Waals surface area contributed by atoms with Gasteiger partial charge in [-0.1, -0.05) is 24.3 Å². The normalized spacial score (nSPS) is 30.1. The molecule has 0 amide bonds. The molecule has 2 heterocycles. The number of likely N-dealkylation sites (tertiary alicyclic amines) is 1. The van der Waals surface area contributed by atoms with Gasteiger partial charge in [-0.05, 0) is 38.3 Å². The number of aromatic nitrogens is 1. The molecule has 1 saturated heterocycles. The number of pyridine rings is 1. The third-order valence-electron chi connectivity index (χ3n) is 4.90. The minimum absolute atomic E-state index is 0.489. The lowest BCUT2D eigenvalue weighted by Gasteiger charge is -2.23. The van der Waals surface area contributed by atoms with Gasteiger partial charge < -0.3 is 5.11 Å². The van der Waals surface area contributed by atoms with E-state index in [0.717, 1.165) is 35.6 Å². The Hall–Kier alpha value is -1.45. The largest absolute Gasteiger partial charge is 0.388 e. The second-order valence-corrected chi connectivity index (χ2v) is 6.85. The van der Waals surface area contributed by atoms with Crippen LogP contribution in [0.4, 0.5) is 0 Å². The molecule has 1 aromatic heterocycles. The third kappa shape index (κ3) is 2.56. The standard InChI is InChI=1S/C18H22N2O/c1-13-10-18(21,12-20(13)16-8-9-16)11-15-7-6-14-4-2-3-5-17(14)19-15/h2-7,13,16,21H,8-12H2,1H3. The molecule has 1 saturated carbocycles. The molecule has 1 aliphatic heterocycles. The highest BCUT2D eigenvalue weighted by molar-refractivity contribution is 5.78. The smallest absolute Gasteiger partial charge is 0.0844 e. The van der Waals surface area contributed by atoms with Crippen LogP contribution in [0.25, 0.3) is 10.9 Å². The number of nitrogens with zero attached hydrogens (tertiary/aromatic N) is 2. The van der Waals surface area contributed by atoms with Gasteiger partial charge in [0.2, 0.25) is 0 Å². The molecule has 0 spiro atoms. The Bertz CT molecular complexity index is 667. The van der Waals surface area contributed by atoms with Crippen LogP contribution >= 0.6 is 0 Å². The van der Waals surface area contributed by atoms with E-state index in [-0.39, 0.29) is 0 Å². The Morgan fingerprint density at radius 3 is 2.86 bits per heavy atom. The van der Waals surface area contributed by atoms with Crippen molar-refractivity contribution < 1.29 is 5.11 Å². The lowest BCUT2D eigenvalue weighted by atomic mass is 9.94. The van der Waals surface area contributed by atoms with Crippen molar-refractivity contribution in [3.05, 3.63) is 42.1 Å². The van der Waals surface area contributed by atoms with E-state index in [0.29, 0.717) is 12.5 Å². The second kappa shape index (κ2) is 4.79. The van der Waals surface area contributed by atoms with E-state index < -0.39 is 5.60 Å². The first-order valence-corrected chi connectivity index (χ1v) is 7.96. The molecule has 2 aliphatic rings. The number of β-amino-alcohol motifs (C(OH)–C–C–N with tert-alkyl or cyclic N) is 1. The molecule has 3 heteroatoms. The van der Waals surface area contributed by atoms with E-state index in [4.69, 9.17) is 4.98 Å². The van der Waals surface area contributed by atoms with Crippen molar-refractivity contribution in [1.82, 2.24) is 9.88 Å². The molecule has 4 rings (SSSR count). The molecule has 1 N–H and O–H groups in total. The van der Waals surface area contributed by atoms with Gasteiger partial charge in [-0.25, -0.2) is 0 Å². The van der Waals surface area contributed by atoms with Gasteiger partial charge in [0.1, 0.15) is 0 Å². The topological polar surface area (TPSA) is 36.4 Å². The van der Waals surface area contributed by atoms with Crippen molar-refractivity contribution >= 4 is 10.9 Å². The predicted octanol–water partition coefficient (Wildman–Crippen LogP) is 2.77. The van der Waals surface area contributed by atoms with Crippen LogP contribution < -0.4 is 0 Å². The summed E-state index contributed by atoms with van der Waals surface area (Å²) in [7, 11) is 0. The molecule has 21 heavy (non-hydrogen) atoms. The number of benzene rings is 1. The highest BCUT2D eigenvalue weighted by Crippen LogP contribution is 2.38. The molecule has 110 valence electrons. The number of fused-ring (bicyclic) bond motifs is 1. The van der Waals surface area contributed by atoms with Gasteiger partial charge in [0.05, 0.1) is 11.1 Å². The van der Waals surface area contributed by atoms with Crippen molar-refractivity contribution in [3.63, 3.8) is 0 Å². The van der Waals surface area contributed by atoms with E-state index in [1.165, 1.54) is 12.8 Å². The van der Waals surface area contributed by atoms with Crippen molar-refractivity contribution in [2.45, 2.75) is 50.3 Å². The lowest BCUT2D eigenvalue weighted by Crippen LogP contribution is -2.36. The first-order chi connectivity index (χ1) is 10.1. The van der Waals surface area contributed by atoms with Crippen LogP contribution in [0.1, 0.15) is 31.9 Å². The Kier molecular flexibility index (Phi) is 3.02. The van der Waals surface area contributed by atoms with Crippen LogP contribution in [-0.4, -0.2) is 39.2 Å². The third-order valence-corrected chi connectivity index (χ3v) is 4.90. The average molecular weight is 282 g/mol. The zero-order valence-electron chi connectivity index (χ0n) is 12.5. The van der Waals surface area contributed by atoms with E-state index >= 15 is 0 Å². The van der Waals surface area contributed by atoms with E-state index in [1.807, 2.05) is 18.2 Å². The fourth-order valence-corrected chi connectivity index (χ4v) is 3.79. The first-order valence-electron chi connectivity index (χ1n) is 7.96. The van der Waals surface area contributed by atoms with Gasteiger partial charge in [0.15, 0.2) is 0 Å². The number of aliphatic hydroxyl groups is 1. The van der Waals surface area contributed by atoms with Crippen LogP contribution in [0.15, 0.2) is 36.4 Å². The van der Waals surface area contributed by atoms with Gasteiger partial charge in [0.25, 0.3) is 0 Å². The quantitative estimate of drug-likeness (QED) is 0.940. The van der Waals surface area contributed by atoms with Crippen LogP contribution in [0.5, 0.6) is 0 Å². The van der Waals surface area contributed by atoms with E-state index in [1.54, 1.807) is 0 Å². The Labute approximate surface area is 125 Å². The number of para-hydroxylation sites is 1. The summed E-state index contributed by atoms with van der Waals surface area (Å²) in [5, 5.41) is 12.1. The summed E-state index contributed by atoms with van der Waals surface area (Å²) >= 11 is 0. The van der Waals surface area contributed by atoms with Gasteiger partial charge >= 0.3 is 0 Å². The first kappa shape index (κ1) is 13.2. The summed E-state index contributed by atoms with van der Waals surface area (Å²) < 4.78 is 0. The molecule has 0 bridgehead atoms. The molecular weight excluding hydrogens is 260 g/mol. The zero-order chi connectivity index (χ0) is 14.4. The van der Waals surface area contributed by atoms with Gasteiger partial charge in [-0.2, -0.15) is 0 Å². The summed E-state index contributed by atoms with van der Waals surface area (Å²) in [6, 6.07) is 13.5. The average Bonchev–Trinajstić information content (AvgIpc) is 3.25. The summed E-state index contributed by atoms with van der Waals surface area (Å²) in [6.45, 7) is 3.04. The molecule has 1 aromatic carbocycles. The minimum Gasteiger partial charge on any atom is -0.388 e. The maximum atomic E-state index is 11.0. The molecule has 2 fully saturated rings. The molecule has 3 nitrogen and oxygen atoms in total. The highest BCUT2D eigenvalue weighted by atomic mass is 16.3. The Balaban J connectivity index is 1.56. The molecule has 0 radical (unpaired) electrons. The summed E-state index contributed by atoms with van der Waals surface area (Å²) in [5.74, 6) is 0. The number of hydrogen-bond donors (Lipinski definition) is 1. The molecule has 2 unspecified atom stereocenters. The number of hydrogen-bond acceptors (Lipinski definition) is 3. The SMILES string of the molecule is CC1CC(O)(Cc2ccc3ccccc3n2)CN1C1CC1. The zero-order valence-corrected chi connectivity index (χ0v) is 12.5. The predicted molar refractivity (Wildman–Crippen MR) is 84.2 cm³/mol. The summed E-state index contributed by atoms with van der Waals surface area (Å²) in [6.07, 6.45) is 4.12. The fraction of sp³-hybridized carbons (Fsp3) is 0.500. The van der Waals surface area contributed by atoms with Crippen LogP contribution in [0.3, 0.4) is 0 Å². The van der Waals surface area contributed by atoms with Crippen molar-refractivity contribution in [2.75, 3.05) is 6.54 Å².